The van der Waals surface area contributed by atoms with Crippen LogP contribution >= 0.6 is 0 Å². The van der Waals surface area contributed by atoms with Crippen LogP contribution in [0.2, 0.25) is 0 Å². The van der Waals surface area contributed by atoms with E-state index in [4.69, 9.17) is 5.73 Å². The van der Waals surface area contributed by atoms with Gasteiger partial charge in [-0.3, -0.25) is 9.89 Å². The van der Waals surface area contributed by atoms with Crippen LogP contribution in [0.3, 0.4) is 0 Å². The number of H-pyrrole nitrogens is 1. The summed E-state index contributed by atoms with van der Waals surface area (Å²) in [6.07, 6.45) is 8.57. The summed E-state index contributed by atoms with van der Waals surface area (Å²) in [4.78, 5) is 14.6. The number of hydrogen-bond donors (Lipinski definition) is 2. The van der Waals surface area contributed by atoms with Crippen LogP contribution in [0.15, 0.2) is 12.7 Å². The Morgan fingerprint density at radius 3 is 2.70 bits per heavy atom. The Kier molecular flexibility index (Phi) is 3.51. The summed E-state index contributed by atoms with van der Waals surface area (Å²) in [5.74, 6) is 0.417. The second-order valence-electron chi connectivity index (χ2n) is 5.86. The summed E-state index contributed by atoms with van der Waals surface area (Å²) in [6.45, 7) is 4.32. The van der Waals surface area contributed by atoms with Crippen LogP contribution < -0.4 is 5.73 Å². The maximum absolute atomic E-state index is 12.7. The van der Waals surface area contributed by atoms with Crippen molar-refractivity contribution in [3.8, 4) is 0 Å². The fourth-order valence-electron chi connectivity index (χ4n) is 3.10. The van der Waals surface area contributed by atoms with Gasteiger partial charge >= 0.3 is 0 Å². The molecule has 1 heterocycles. The van der Waals surface area contributed by atoms with Crippen LogP contribution in [0, 0.1) is 0 Å². The van der Waals surface area contributed by atoms with Gasteiger partial charge in [-0.2, -0.15) is 5.10 Å². The van der Waals surface area contributed by atoms with Crippen molar-refractivity contribution in [2.45, 2.75) is 50.5 Å². The fraction of sp³-hybridized carbons (Fsp3) is 0.600. The molecule has 2 aliphatic carbocycles. The summed E-state index contributed by atoms with van der Waals surface area (Å²) in [5.41, 5.74) is 7.99. The second-order valence-corrected chi connectivity index (χ2v) is 5.86. The standard InChI is InChI=1S/C15H22N4O/c1-2-9-19(11-5-3-4-6-11)15(20)14-12(16)13(17-18-14)10-7-8-10/h2,10-11H,1,3-9,16H2,(H,17,18). The predicted molar refractivity (Wildman–Crippen MR) is 78.5 cm³/mol. The molecule has 1 aromatic rings. The first-order chi connectivity index (χ1) is 9.72. The maximum atomic E-state index is 12.7. The molecule has 0 radical (unpaired) electrons. The number of aromatic nitrogens is 2. The molecule has 0 bridgehead atoms. The van der Waals surface area contributed by atoms with Gasteiger partial charge in [-0.1, -0.05) is 18.9 Å². The van der Waals surface area contributed by atoms with Crippen LogP contribution in [-0.4, -0.2) is 33.6 Å². The highest BCUT2D eigenvalue weighted by atomic mass is 16.2. The lowest BCUT2D eigenvalue weighted by Gasteiger charge is -2.27. The number of aromatic amines is 1. The molecule has 3 N–H and O–H groups in total. The lowest BCUT2D eigenvalue weighted by Crippen LogP contribution is -2.39. The van der Waals surface area contributed by atoms with Crippen LogP contribution in [0.5, 0.6) is 0 Å². The maximum Gasteiger partial charge on any atom is 0.277 e. The second kappa shape index (κ2) is 5.31. The normalized spacial score (nSPS) is 19.2. The number of anilines is 1. The molecular formula is C15H22N4O. The van der Waals surface area contributed by atoms with E-state index in [0.717, 1.165) is 31.4 Å². The highest BCUT2D eigenvalue weighted by Crippen LogP contribution is 2.42. The molecular weight excluding hydrogens is 252 g/mol. The molecule has 0 aromatic carbocycles. The minimum atomic E-state index is -0.0579. The largest absolute Gasteiger partial charge is 0.395 e. The minimum absolute atomic E-state index is 0.0579. The van der Waals surface area contributed by atoms with Crippen LogP contribution in [-0.2, 0) is 0 Å². The van der Waals surface area contributed by atoms with Crippen molar-refractivity contribution in [3.05, 3.63) is 24.0 Å². The van der Waals surface area contributed by atoms with E-state index < -0.39 is 0 Å². The number of nitrogens with one attached hydrogen (secondary N) is 1. The molecule has 0 unspecified atom stereocenters. The topological polar surface area (TPSA) is 75.0 Å². The first-order valence-corrected chi connectivity index (χ1v) is 7.48. The lowest BCUT2D eigenvalue weighted by atomic mass is 10.1. The summed E-state index contributed by atoms with van der Waals surface area (Å²) in [5, 5.41) is 7.13. The Labute approximate surface area is 119 Å². The van der Waals surface area contributed by atoms with E-state index in [9.17, 15) is 4.79 Å². The van der Waals surface area contributed by atoms with Crippen molar-refractivity contribution in [1.82, 2.24) is 15.1 Å². The average Bonchev–Trinajstić information content (AvgIpc) is 3.00. The van der Waals surface area contributed by atoms with E-state index in [1.54, 1.807) is 6.08 Å². The van der Waals surface area contributed by atoms with E-state index >= 15 is 0 Å². The van der Waals surface area contributed by atoms with Crippen molar-refractivity contribution < 1.29 is 4.79 Å². The van der Waals surface area contributed by atoms with Gasteiger partial charge in [-0.25, -0.2) is 0 Å². The van der Waals surface area contributed by atoms with E-state index in [2.05, 4.69) is 16.8 Å². The monoisotopic (exact) mass is 274 g/mol. The van der Waals surface area contributed by atoms with Crippen molar-refractivity contribution >= 4 is 11.6 Å². The van der Waals surface area contributed by atoms with E-state index in [1.807, 2.05) is 4.90 Å². The third kappa shape index (κ3) is 2.32. The average molecular weight is 274 g/mol. The Morgan fingerprint density at radius 2 is 2.10 bits per heavy atom. The predicted octanol–water partition coefficient (Wildman–Crippen LogP) is 2.44. The van der Waals surface area contributed by atoms with Crippen molar-refractivity contribution in [3.63, 3.8) is 0 Å². The Balaban J connectivity index is 1.82. The summed E-state index contributed by atoms with van der Waals surface area (Å²) >= 11 is 0. The van der Waals surface area contributed by atoms with Gasteiger partial charge in [0.15, 0.2) is 5.69 Å². The first kappa shape index (κ1) is 13.2. The SMILES string of the molecule is C=CCN(C(=O)c1n[nH]c(C2CC2)c1N)C1CCCC1. The zero-order chi connectivity index (χ0) is 14.1. The summed E-state index contributed by atoms with van der Waals surface area (Å²) < 4.78 is 0. The molecule has 1 amide bonds. The quantitative estimate of drug-likeness (QED) is 0.810. The highest BCUT2D eigenvalue weighted by Gasteiger charge is 2.33. The van der Waals surface area contributed by atoms with Crippen molar-refractivity contribution in [2.24, 2.45) is 0 Å². The molecule has 108 valence electrons. The summed E-state index contributed by atoms with van der Waals surface area (Å²) in [6, 6.07) is 0.306. The number of nitrogen functional groups attached to an aromatic ring is 1. The zero-order valence-electron chi connectivity index (χ0n) is 11.8. The van der Waals surface area contributed by atoms with Gasteiger partial charge in [0, 0.05) is 18.5 Å². The van der Waals surface area contributed by atoms with Gasteiger partial charge < -0.3 is 10.6 Å². The van der Waals surface area contributed by atoms with Gasteiger partial charge in [0.05, 0.1) is 11.4 Å². The van der Waals surface area contributed by atoms with E-state index in [0.29, 0.717) is 29.9 Å². The first-order valence-electron chi connectivity index (χ1n) is 7.48. The smallest absolute Gasteiger partial charge is 0.277 e. The van der Waals surface area contributed by atoms with Gasteiger partial charge in [-0.15, -0.1) is 6.58 Å². The number of nitrogens with zero attached hydrogens (tertiary/aromatic N) is 2. The van der Waals surface area contributed by atoms with Gasteiger partial charge in [-0.05, 0) is 25.7 Å². The highest BCUT2D eigenvalue weighted by molar-refractivity contribution is 5.98. The fourth-order valence-corrected chi connectivity index (χ4v) is 3.10. The minimum Gasteiger partial charge on any atom is -0.395 e. The Bertz CT molecular complexity index is 512. The third-order valence-electron chi connectivity index (χ3n) is 4.37. The molecule has 5 nitrogen and oxygen atoms in total. The molecule has 2 saturated carbocycles. The third-order valence-corrected chi connectivity index (χ3v) is 4.37. The Morgan fingerprint density at radius 1 is 1.40 bits per heavy atom. The zero-order valence-corrected chi connectivity index (χ0v) is 11.8. The molecule has 1 aromatic heterocycles. The van der Waals surface area contributed by atoms with Crippen molar-refractivity contribution in [1.29, 1.82) is 0 Å². The molecule has 0 spiro atoms. The molecule has 2 fully saturated rings. The molecule has 5 heteroatoms. The van der Waals surface area contributed by atoms with Gasteiger partial charge in [0.1, 0.15) is 0 Å². The number of hydrogen-bond acceptors (Lipinski definition) is 3. The number of nitrogens with two attached hydrogens (primary N) is 1. The molecule has 2 aliphatic rings. The number of rotatable bonds is 5. The van der Waals surface area contributed by atoms with Crippen molar-refractivity contribution in [2.75, 3.05) is 12.3 Å². The molecule has 20 heavy (non-hydrogen) atoms. The van der Waals surface area contributed by atoms with Gasteiger partial charge in [0.2, 0.25) is 0 Å². The van der Waals surface area contributed by atoms with Crippen LogP contribution in [0.1, 0.15) is 60.6 Å². The number of carbonyl (C=O) groups excluding carboxylic acids is 1. The molecule has 3 rings (SSSR count). The number of carbonyl (C=O) groups is 1. The van der Waals surface area contributed by atoms with E-state index in [-0.39, 0.29) is 5.91 Å². The van der Waals surface area contributed by atoms with Crippen LogP contribution in [0.4, 0.5) is 5.69 Å². The lowest BCUT2D eigenvalue weighted by molar-refractivity contribution is 0.0701. The molecule has 0 atom stereocenters. The Hall–Kier alpha value is -1.78. The van der Waals surface area contributed by atoms with Crippen LogP contribution in [0.25, 0.3) is 0 Å². The molecule has 0 aliphatic heterocycles. The molecule has 0 saturated heterocycles. The van der Waals surface area contributed by atoms with Gasteiger partial charge in [0.25, 0.3) is 5.91 Å². The number of amides is 1. The summed E-state index contributed by atoms with van der Waals surface area (Å²) in [7, 11) is 0. The van der Waals surface area contributed by atoms with E-state index in [1.165, 1.54) is 12.8 Å².